The lowest BCUT2D eigenvalue weighted by atomic mass is 10.7. The Morgan fingerprint density at radius 2 is 2.21 bits per heavy atom. The van der Waals surface area contributed by atoms with Crippen molar-refractivity contribution < 1.29 is 4.42 Å². The molecule has 14 heavy (non-hydrogen) atoms. The molecular weight excluding hydrogens is 268 g/mol. The Kier molecular flexibility index (Phi) is 2.78. The van der Waals surface area contributed by atoms with E-state index in [0.29, 0.717) is 11.1 Å². The van der Waals surface area contributed by atoms with Crippen LogP contribution in [0.3, 0.4) is 0 Å². The zero-order valence-corrected chi connectivity index (χ0v) is 9.54. The van der Waals surface area contributed by atoms with Gasteiger partial charge >= 0.3 is 0 Å². The monoisotopic (exact) mass is 272 g/mol. The highest BCUT2D eigenvalue weighted by Gasteiger charge is 2.06. The van der Waals surface area contributed by atoms with Crippen molar-refractivity contribution in [1.29, 1.82) is 0 Å². The Morgan fingerprint density at radius 1 is 1.36 bits per heavy atom. The van der Waals surface area contributed by atoms with Crippen molar-refractivity contribution in [2.45, 2.75) is 17.2 Å². The SMILES string of the molecule is Cc1nnc(Sc2cc(Br)ncn2)o1. The number of hydrogen-bond acceptors (Lipinski definition) is 6. The quantitative estimate of drug-likeness (QED) is 0.780. The molecule has 0 unspecified atom stereocenters. The molecule has 7 heteroatoms. The molecule has 0 saturated carbocycles. The minimum absolute atomic E-state index is 0.480. The summed E-state index contributed by atoms with van der Waals surface area (Å²) in [6.45, 7) is 1.74. The Hall–Kier alpha value is -0.950. The molecular formula is C7H5BrN4OS. The predicted molar refractivity (Wildman–Crippen MR) is 52.9 cm³/mol. The third-order valence-corrected chi connectivity index (χ3v) is 2.51. The molecule has 0 saturated heterocycles. The lowest BCUT2D eigenvalue weighted by Crippen LogP contribution is -1.82. The average Bonchev–Trinajstić information content (AvgIpc) is 2.51. The highest BCUT2D eigenvalue weighted by atomic mass is 79.9. The standard InChI is InChI=1S/C7H5BrN4OS/c1-4-11-12-7(13-4)14-6-2-5(8)9-3-10-6/h2-3H,1H3. The van der Waals surface area contributed by atoms with Gasteiger partial charge in [0.25, 0.3) is 5.22 Å². The molecule has 0 atom stereocenters. The number of rotatable bonds is 2. The molecule has 0 spiro atoms. The van der Waals surface area contributed by atoms with Gasteiger partial charge in [-0.2, -0.15) is 0 Å². The van der Waals surface area contributed by atoms with Gasteiger partial charge in [-0.3, -0.25) is 0 Å². The van der Waals surface area contributed by atoms with Crippen LogP contribution in [0.1, 0.15) is 5.89 Å². The molecule has 0 aliphatic heterocycles. The second-order valence-electron chi connectivity index (χ2n) is 2.37. The zero-order valence-electron chi connectivity index (χ0n) is 7.14. The maximum atomic E-state index is 5.19. The van der Waals surface area contributed by atoms with Gasteiger partial charge in [0.05, 0.1) is 0 Å². The lowest BCUT2D eigenvalue weighted by molar-refractivity contribution is 0.429. The molecule has 0 radical (unpaired) electrons. The molecule has 0 aromatic carbocycles. The van der Waals surface area contributed by atoms with Crippen molar-refractivity contribution >= 4 is 27.7 Å². The van der Waals surface area contributed by atoms with Crippen LogP contribution in [0.25, 0.3) is 0 Å². The van der Waals surface area contributed by atoms with Crippen LogP contribution in [-0.4, -0.2) is 20.2 Å². The Labute approximate surface area is 92.5 Å². The predicted octanol–water partition coefficient (Wildman–Crippen LogP) is 2.08. The first kappa shape index (κ1) is 9.60. The van der Waals surface area contributed by atoms with E-state index in [1.54, 1.807) is 13.0 Å². The summed E-state index contributed by atoms with van der Waals surface area (Å²) in [5, 5.41) is 8.79. The normalized spacial score (nSPS) is 10.4. The topological polar surface area (TPSA) is 64.7 Å². The van der Waals surface area contributed by atoms with E-state index >= 15 is 0 Å². The maximum Gasteiger partial charge on any atom is 0.282 e. The summed E-state index contributed by atoms with van der Waals surface area (Å²) in [6.07, 6.45) is 1.47. The fourth-order valence-electron chi connectivity index (χ4n) is 0.782. The number of nitrogens with zero attached hydrogens (tertiary/aromatic N) is 4. The average molecular weight is 273 g/mol. The first-order valence-corrected chi connectivity index (χ1v) is 5.30. The number of aromatic nitrogens is 4. The van der Waals surface area contributed by atoms with Crippen LogP contribution in [0.2, 0.25) is 0 Å². The van der Waals surface area contributed by atoms with Gasteiger partial charge in [0, 0.05) is 13.0 Å². The van der Waals surface area contributed by atoms with Crippen LogP contribution in [0.5, 0.6) is 0 Å². The summed E-state index contributed by atoms with van der Waals surface area (Å²) in [6, 6.07) is 1.78. The van der Waals surface area contributed by atoms with Crippen molar-refractivity contribution in [3.63, 3.8) is 0 Å². The Balaban J connectivity index is 2.18. The largest absolute Gasteiger partial charge is 0.416 e. The number of aryl methyl sites for hydroxylation is 1. The molecule has 2 rings (SSSR count). The first-order valence-electron chi connectivity index (χ1n) is 3.69. The Bertz CT molecular complexity index is 447. The summed E-state index contributed by atoms with van der Waals surface area (Å²) >= 11 is 4.55. The van der Waals surface area contributed by atoms with Gasteiger partial charge in [-0.25, -0.2) is 9.97 Å². The molecule has 0 aliphatic carbocycles. The van der Waals surface area contributed by atoms with Crippen molar-refractivity contribution in [3.05, 3.63) is 22.9 Å². The fraction of sp³-hybridized carbons (Fsp3) is 0.143. The molecule has 2 heterocycles. The molecule has 0 amide bonds. The summed E-state index contributed by atoms with van der Waals surface area (Å²) in [4.78, 5) is 7.95. The highest BCUT2D eigenvalue weighted by Crippen LogP contribution is 2.25. The first-order chi connectivity index (χ1) is 6.74. The van der Waals surface area contributed by atoms with E-state index in [1.807, 2.05) is 0 Å². The van der Waals surface area contributed by atoms with Gasteiger partial charge in [0.2, 0.25) is 5.89 Å². The molecule has 5 nitrogen and oxygen atoms in total. The molecule has 0 aliphatic rings. The van der Waals surface area contributed by atoms with Crippen molar-refractivity contribution in [3.8, 4) is 0 Å². The summed E-state index contributed by atoms with van der Waals surface area (Å²) < 4.78 is 5.92. The second kappa shape index (κ2) is 4.05. The number of hydrogen-bond donors (Lipinski definition) is 0. The van der Waals surface area contributed by atoms with Gasteiger partial charge in [-0.15, -0.1) is 10.2 Å². The summed E-state index contributed by atoms with van der Waals surface area (Å²) in [5.74, 6) is 0.542. The minimum atomic E-state index is 0.480. The van der Waals surface area contributed by atoms with Crippen molar-refractivity contribution in [2.24, 2.45) is 0 Å². The molecule has 2 aromatic rings. The van der Waals surface area contributed by atoms with E-state index in [-0.39, 0.29) is 0 Å². The molecule has 0 bridgehead atoms. The Morgan fingerprint density at radius 3 is 2.86 bits per heavy atom. The maximum absolute atomic E-state index is 5.19. The molecule has 0 fully saturated rings. The van der Waals surface area contributed by atoms with Gasteiger partial charge in [-0.05, 0) is 27.7 Å². The van der Waals surface area contributed by atoms with Crippen LogP contribution < -0.4 is 0 Å². The van der Waals surface area contributed by atoms with Crippen molar-refractivity contribution in [2.75, 3.05) is 0 Å². The molecule has 72 valence electrons. The van der Waals surface area contributed by atoms with E-state index < -0.39 is 0 Å². The molecule has 2 aromatic heterocycles. The summed E-state index contributed by atoms with van der Waals surface area (Å²) in [7, 11) is 0. The van der Waals surface area contributed by atoms with E-state index in [2.05, 4.69) is 36.1 Å². The second-order valence-corrected chi connectivity index (χ2v) is 4.15. The smallest absolute Gasteiger partial charge is 0.282 e. The van der Waals surface area contributed by atoms with E-state index in [1.165, 1.54) is 18.1 Å². The van der Waals surface area contributed by atoms with Gasteiger partial charge in [0.1, 0.15) is 16.0 Å². The van der Waals surface area contributed by atoms with Gasteiger partial charge < -0.3 is 4.42 Å². The van der Waals surface area contributed by atoms with Crippen molar-refractivity contribution in [1.82, 2.24) is 20.2 Å². The van der Waals surface area contributed by atoms with Crippen LogP contribution in [0, 0.1) is 6.92 Å². The van der Waals surface area contributed by atoms with E-state index in [0.717, 1.165) is 9.63 Å². The lowest BCUT2D eigenvalue weighted by Gasteiger charge is -1.94. The number of halogens is 1. The minimum Gasteiger partial charge on any atom is -0.416 e. The van der Waals surface area contributed by atoms with E-state index in [4.69, 9.17) is 4.42 Å². The highest BCUT2D eigenvalue weighted by molar-refractivity contribution is 9.10. The third-order valence-electron chi connectivity index (χ3n) is 1.31. The van der Waals surface area contributed by atoms with Crippen LogP contribution in [-0.2, 0) is 0 Å². The van der Waals surface area contributed by atoms with Crippen LogP contribution in [0.15, 0.2) is 31.7 Å². The van der Waals surface area contributed by atoms with Gasteiger partial charge in [0.15, 0.2) is 0 Å². The molecule has 0 N–H and O–H groups in total. The van der Waals surface area contributed by atoms with E-state index in [9.17, 15) is 0 Å². The fourth-order valence-corrected chi connectivity index (χ4v) is 1.94. The van der Waals surface area contributed by atoms with Crippen LogP contribution in [0.4, 0.5) is 0 Å². The van der Waals surface area contributed by atoms with Crippen LogP contribution >= 0.6 is 27.7 Å². The zero-order chi connectivity index (χ0) is 9.97. The third kappa shape index (κ3) is 2.30. The summed E-state index contributed by atoms with van der Waals surface area (Å²) in [5.41, 5.74) is 0. The van der Waals surface area contributed by atoms with Gasteiger partial charge in [-0.1, -0.05) is 0 Å².